The summed E-state index contributed by atoms with van der Waals surface area (Å²) in [6.07, 6.45) is -5.12. The van der Waals surface area contributed by atoms with E-state index in [-0.39, 0.29) is 19.1 Å². The van der Waals surface area contributed by atoms with Crippen LogP contribution in [0.3, 0.4) is 0 Å². The normalized spacial score (nSPS) is 16.8. The molecule has 2 unspecified atom stereocenters. The zero-order chi connectivity index (χ0) is 15.1. The Morgan fingerprint density at radius 1 is 1.37 bits per heavy atom. The molecule has 0 aromatic carbocycles. The van der Waals surface area contributed by atoms with E-state index in [1.54, 1.807) is 20.9 Å². The van der Waals surface area contributed by atoms with Crippen molar-refractivity contribution in [1.29, 1.82) is 0 Å². The van der Waals surface area contributed by atoms with Crippen LogP contribution in [-0.4, -0.2) is 44.6 Å². The Bertz CT molecular complexity index is 284. The molecule has 0 bridgehead atoms. The van der Waals surface area contributed by atoms with Crippen molar-refractivity contribution in [2.24, 2.45) is 0 Å². The lowest BCUT2D eigenvalue weighted by Crippen LogP contribution is -2.50. The van der Waals surface area contributed by atoms with Gasteiger partial charge >= 0.3 is 12.1 Å². The quantitative estimate of drug-likeness (QED) is 0.549. The largest absolute Gasteiger partial charge is 0.468 e. The second-order valence-electron chi connectivity index (χ2n) is 4.68. The summed E-state index contributed by atoms with van der Waals surface area (Å²) in [6, 6.07) is 0. The van der Waals surface area contributed by atoms with Crippen molar-refractivity contribution in [3.8, 4) is 0 Å². The maximum Gasteiger partial charge on any atom is 0.389 e. The Balaban J connectivity index is 4.08. The molecule has 0 saturated carbocycles. The predicted molar refractivity (Wildman–Crippen MR) is 64.8 cm³/mol. The van der Waals surface area contributed by atoms with Gasteiger partial charge in [0.25, 0.3) is 0 Å². The smallest absolute Gasteiger partial charge is 0.389 e. The molecule has 0 aromatic rings. The summed E-state index contributed by atoms with van der Waals surface area (Å²) >= 11 is 0. The number of halogens is 3. The molecule has 19 heavy (non-hydrogen) atoms. The maximum absolute atomic E-state index is 11.9. The topological polar surface area (TPSA) is 47.6 Å². The van der Waals surface area contributed by atoms with Crippen LogP contribution in [0.2, 0.25) is 0 Å². The molecule has 0 spiro atoms. The standard InChI is InChI=1S/C12H22F3NO3/c1-9(19-7-5-6-12(13,14)15)8-11(2,16-3)10(17)18-4/h9,16H,5-8H2,1-4H3. The van der Waals surface area contributed by atoms with Crippen molar-refractivity contribution >= 4 is 5.97 Å². The molecular formula is C12H22F3NO3. The highest BCUT2D eigenvalue weighted by atomic mass is 19.4. The van der Waals surface area contributed by atoms with Crippen molar-refractivity contribution in [3.05, 3.63) is 0 Å². The Morgan fingerprint density at radius 3 is 2.37 bits per heavy atom. The van der Waals surface area contributed by atoms with Gasteiger partial charge in [0, 0.05) is 19.4 Å². The van der Waals surface area contributed by atoms with Crippen LogP contribution in [0.15, 0.2) is 0 Å². The third-order valence-corrected chi connectivity index (χ3v) is 2.89. The molecule has 0 aromatic heterocycles. The van der Waals surface area contributed by atoms with Gasteiger partial charge in [-0.25, -0.2) is 0 Å². The monoisotopic (exact) mass is 285 g/mol. The average Bonchev–Trinajstić information content (AvgIpc) is 2.32. The number of carbonyl (C=O) groups is 1. The fourth-order valence-electron chi connectivity index (χ4n) is 1.70. The van der Waals surface area contributed by atoms with Crippen LogP contribution >= 0.6 is 0 Å². The highest BCUT2D eigenvalue weighted by Gasteiger charge is 2.34. The lowest BCUT2D eigenvalue weighted by molar-refractivity contribution is -0.149. The number of ether oxygens (including phenoxy) is 2. The van der Waals surface area contributed by atoms with Gasteiger partial charge in [-0.15, -0.1) is 0 Å². The fraction of sp³-hybridized carbons (Fsp3) is 0.917. The van der Waals surface area contributed by atoms with E-state index in [1.807, 2.05) is 0 Å². The first kappa shape index (κ1) is 18.2. The summed E-state index contributed by atoms with van der Waals surface area (Å²) in [5.41, 5.74) is -0.905. The number of alkyl halides is 3. The molecular weight excluding hydrogens is 263 g/mol. The van der Waals surface area contributed by atoms with E-state index in [2.05, 4.69) is 10.1 Å². The summed E-state index contributed by atoms with van der Waals surface area (Å²) in [7, 11) is 2.90. The van der Waals surface area contributed by atoms with Gasteiger partial charge in [-0.2, -0.15) is 13.2 Å². The third-order valence-electron chi connectivity index (χ3n) is 2.89. The highest BCUT2D eigenvalue weighted by Crippen LogP contribution is 2.22. The molecule has 0 amide bonds. The van der Waals surface area contributed by atoms with Gasteiger partial charge < -0.3 is 14.8 Å². The number of rotatable bonds is 8. The van der Waals surface area contributed by atoms with Gasteiger partial charge in [-0.05, 0) is 27.3 Å². The van der Waals surface area contributed by atoms with Crippen molar-refractivity contribution in [2.45, 2.75) is 50.9 Å². The van der Waals surface area contributed by atoms with Crippen molar-refractivity contribution < 1.29 is 27.4 Å². The lowest BCUT2D eigenvalue weighted by Gasteiger charge is -2.29. The minimum Gasteiger partial charge on any atom is -0.468 e. The Morgan fingerprint density at radius 2 is 1.95 bits per heavy atom. The second kappa shape index (κ2) is 7.69. The van der Waals surface area contributed by atoms with E-state index in [4.69, 9.17) is 4.74 Å². The van der Waals surface area contributed by atoms with Gasteiger partial charge in [0.2, 0.25) is 0 Å². The van der Waals surface area contributed by atoms with E-state index in [0.717, 1.165) is 0 Å². The molecule has 114 valence electrons. The van der Waals surface area contributed by atoms with E-state index in [1.165, 1.54) is 7.11 Å². The fourth-order valence-corrected chi connectivity index (χ4v) is 1.70. The Labute approximate surface area is 111 Å². The summed E-state index contributed by atoms with van der Waals surface area (Å²) in [5, 5.41) is 2.84. The maximum atomic E-state index is 11.9. The Kier molecular flexibility index (Phi) is 7.36. The number of methoxy groups -OCH3 is 1. The molecule has 1 N–H and O–H groups in total. The number of nitrogens with one attached hydrogen (secondary N) is 1. The number of esters is 1. The van der Waals surface area contributed by atoms with Crippen molar-refractivity contribution in [2.75, 3.05) is 20.8 Å². The summed E-state index contributed by atoms with van der Waals surface area (Å²) in [5.74, 6) is -0.430. The minimum absolute atomic E-state index is 0.0155. The SMILES string of the molecule is CNC(C)(CC(C)OCCCC(F)(F)F)C(=O)OC. The van der Waals surface area contributed by atoms with E-state index in [0.29, 0.717) is 6.42 Å². The van der Waals surface area contributed by atoms with E-state index < -0.39 is 24.1 Å². The van der Waals surface area contributed by atoms with E-state index in [9.17, 15) is 18.0 Å². The number of likely N-dealkylation sites (N-methyl/N-ethyl adjacent to an activating group) is 1. The minimum atomic E-state index is -4.15. The number of hydrogen-bond acceptors (Lipinski definition) is 4. The van der Waals surface area contributed by atoms with Gasteiger partial charge in [0.05, 0.1) is 13.2 Å². The molecule has 0 fully saturated rings. The summed E-state index contributed by atoms with van der Waals surface area (Å²) in [6.45, 7) is 3.39. The van der Waals surface area contributed by atoms with Gasteiger partial charge in [-0.3, -0.25) is 4.79 Å². The van der Waals surface area contributed by atoms with Gasteiger partial charge in [0.15, 0.2) is 0 Å². The van der Waals surface area contributed by atoms with Crippen LogP contribution < -0.4 is 5.32 Å². The molecule has 2 atom stereocenters. The van der Waals surface area contributed by atoms with E-state index >= 15 is 0 Å². The molecule has 4 nitrogen and oxygen atoms in total. The zero-order valence-electron chi connectivity index (χ0n) is 11.8. The van der Waals surface area contributed by atoms with Crippen LogP contribution in [0.4, 0.5) is 13.2 Å². The molecule has 0 rings (SSSR count). The molecule has 0 aliphatic rings. The molecule has 0 aliphatic heterocycles. The second-order valence-corrected chi connectivity index (χ2v) is 4.68. The molecule has 0 radical (unpaired) electrons. The molecule has 0 aliphatic carbocycles. The van der Waals surface area contributed by atoms with Gasteiger partial charge in [0.1, 0.15) is 5.54 Å². The first-order valence-corrected chi connectivity index (χ1v) is 6.10. The highest BCUT2D eigenvalue weighted by molar-refractivity contribution is 5.80. The molecule has 0 saturated heterocycles. The Hall–Kier alpha value is -0.820. The third kappa shape index (κ3) is 7.37. The van der Waals surface area contributed by atoms with Crippen molar-refractivity contribution in [1.82, 2.24) is 5.32 Å². The zero-order valence-corrected chi connectivity index (χ0v) is 11.8. The first-order valence-electron chi connectivity index (χ1n) is 6.10. The number of hydrogen-bond donors (Lipinski definition) is 1. The average molecular weight is 285 g/mol. The predicted octanol–water partition coefficient (Wildman–Crippen LogP) is 2.28. The van der Waals surface area contributed by atoms with Crippen LogP contribution in [0, 0.1) is 0 Å². The molecule has 7 heteroatoms. The van der Waals surface area contributed by atoms with Crippen LogP contribution in [-0.2, 0) is 14.3 Å². The number of carbonyl (C=O) groups excluding carboxylic acids is 1. The van der Waals surface area contributed by atoms with Crippen molar-refractivity contribution in [3.63, 3.8) is 0 Å². The lowest BCUT2D eigenvalue weighted by atomic mass is 9.95. The summed E-state index contributed by atoms with van der Waals surface area (Å²) < 4.78 is 45.7. The van der Waals surface area contributed by atoms with Crippen LogP contribution in [0.5, 0.6) is 0 Å². The molecule has 0 heterocycles. The van der Waals surface area contributed by atoms with Crippen LogP contribution in [0.25, 0.3) is 0 Å². The summed E-state index contributed by atoms with van der Waals surface area (Å²) in [4.78, 5) is 11.6. The van der Waals surface area contributed by atoms with Crippen LogP contribution in [0.1, 0.15) is 33.1 Å². The first-order chi connectivity index (χ1) is 8.64. The van der Waals surface area contributed by atoms with Gasteiger partial charge in [-0.1, -0.05) is 0 Å².